The Labute approximate surface area is 172 Å². The van der Waals surface area contributed by atoms with Crippen molar-refractivity contribution < 1.29 is 27.8 Å². The van der Waals surface area contributed by atoms with Crippen molar-refractivity contribution in [2.45, 2.75) is 70.9 Å². The summed E-state index contributed by atoms with van der Waals surface area (Å²) in [6, 6.07) is 0.0851. The number of amides is 1. The molecule has 1 atom stereocenters. The molecule has 1 heterocycles. The summed E-state index contributed by atoms with van der Waals surface area (Å²) in [4.78, 5) is 25.6. The first-order chi connectivity index (χ1) is 13.7. The lowest BCUT2D eigenvalue weighted by Crippen LogP contribution is -2.56. The van der Waals surface area contributed by atoms with E-state index in [4.69, 9.17) is 9.47 Å². The summed E-state index contributed by atoms with van der Waals surface area (Å²) in [5.41, 5.74) is 0. The van der Waals surface area contributed by atoms with Crippen molar-refractivity contribution in [2.75, 3.05) is 39.5 Å². The van der Waals surface area contributed by atoms with Gasteiger partial charge in [-0.25, -0.2) is 8.78 Å². The van der Waals surface area contributed by atoms with Gasteiger partial charge in [-0.1, -0.05) is 0 Å². The fourth-order valence-corrected chi connectivity index (χ4v) is 4.26. The number of nitrogens with one attached hydrogen (secondary N) is 1. The van der Waals surface area contributed by atoms with E-state index < -0.39 is 17.7 Å². The van der Waals surface area contributed by atoms with Crippen LogP contribution in [-0.4, -0.2) is 74.1 Å². The number of likely N-dealkylation sites (tertiary alicyclic amines) is 1. The first-order valence-corrected chi connectivity index (χ1v) is 10.8. The van der Waals surface area contributed by atoms with Crippen LogP contribution in [0.25, 0.3) is 0 Å². The highest BCUT2D eigenvalue weighted by Crippen LogP contribution is 2.37. The van der Waals surface area contributed by atoms with Gasteiger partial charge in [0.1, 0.15) is 11.7 Å². The number of hydrogen-bond acceptors (Lipinski definition) is 5. The Morgan fingerprint density at radius 1 is 1.10 bits per heavy atom. The third-order valence-corrected chi connectivity index (χ3v) is 5.96. The Hall–Kier alpha value is -1.12. The molecule has 6 nitrogen and oxygen atoms in total. The van der Waals surface area contributed by atoms with E-state index in [0.29, 0.717) is 19.8 Å². The summed E-state index contributed by atoms with van der Waals surface area (Å²) in [7, 11) is 0. The summed E-state index contributed by atoms with van der Waals surface area (Å²) >= 11 is 0. The number of ether oxygens (including phenoxy) is 2. The Balaban J connectivity index is 1.70. The second kappa shape index (κ2) is 11.3. The van der Waals surface area contributed by atoms with Crippen LogP contribution in [0.1, 0.15) is 52.9 Å². The fraction of sp³-hybridized carbons (Fsp3) is 0.905. The molecule has 0 radical (unpaired) electrons. The van der Waals surface area contributed by atoms with Gasteiger partial charge in [0.2, 0.25) is 5.91 Å². The van der Waals surface area contributed by atoms with E-state index in [2.05, 4.69) is 5.32 Å². The average molecular weight is 419 g/mol. The molecule has 0 aromatic rings. The molecule has 0 spiro atoms. The molecule has 1 aliphatic heterocycles. The second-order valence-electron chi connectivity index (χ2n) is 8.51. The zero-order valence-electron chi connectivity index (χ0n) is 17.9. The Bertz CT molecular complexity index is 537. The molecule has 1 unspecified atom stereocenters. The molecule has 1 saturated heterocycles. The number of carbonyl (C=O) groups excluding carboxylic acids is 2. The number of ketones is 1. The number of piperidine rings is 1. The zero-order chi connectivity index (χ0) is 21.4. The maximum absolute atomic E-state index is 14.7. The Kier molecular flexibility index (Phi) is 9.43. The van der Waals surface area contributed by atoms with Crippen LogP contribution in [0.3, 0.4) is 0 Å². The van der Waals surface area contributed by atoms with E-state index in [1.54, 1.807) is 6.92 Å². The third kappa shape index (κ3) is 7.57. The third-order valence-electron chi connectivity index (χ3n) is 5.96. The Morgan fingerprint density at radius 3 is 2.38 bits per heavy atom. The normalized spacial score (nSPS) is 27.7. The standard InChI is InChI=1S/C21H36F2N2O4/c1-15(2)29-13-12-28-11-9-24-20(27)19-8-10-25(14-21(19,22)23)18-6-4-17(5-7-18)16(3)26/h15,17-19H,4-14H2,1-3H3,(H,24,27). The highest BCUT2D eigenvalue weighted by Gasteiger charge is 2.49. The van der Waals surface area contributed by atoms with Gasteiger partial charge >= 0.3 is 0 Å². The van der Waals surface area contributed by atoms with Crippen molar-refractivity contribution in [1.82, 2.24) is 10.2 Å². The minimum Gasteiger partial charge on any atom is -0.377 e. The smallest absolute Gasteiger partial charge is 0.272 e. The Morgan fingerprint density at radius 2 is 1.79 bits per heavy atom. The molecule has 168 valence electrons. The zero-order valence-corrected chi connectivity index (χ0v) is 17.9. The number of nitrogens with zero attached hydrogens (tertiary/aromatic N) is 1. The first kappa shape index (κ1) is 24.2. The van der Waals surface area contributed by atoms with Crippen LogP contribution < -0.4 is 5.32 Å². The maximum atomic E-state index is 14.7. The average Bonchev–Trinajstić information content (AvgIpc) is 2.66. The van der Waals surface area contributed by atoms with Crippen LogP contribution >= 0.6 is 0 Å². The highest BCUT2D eigenvalue weighted by molar-refractivity contribution is 5.80. The summed E-state index contributed by atoms with van der Waals surface area (Å²) in [6.07, 6.45) is 3.37. The van der Waals surface area contributed by atoms with Crippen molar-refractivity contribution >= 4 is 11.7 Å². The number of halogens is 2. The van der Waals surface area contributed by atoms with Gasteiger partial charge in [0.05, 0.1) is 32.5 Å². The summed E-state index contributed by atoms with van der Waals surface area (Å²) in [5, 5.41) is 2.58. The molecular weight excluding hydrogens is 382 g/mol. The van der Waals surface area contributed by atoms with Crippen LogP contribution in [0.2, 0.25) is 0 Å². The monoisotopic (exact) mass is 418 g/mol. The lowest BCUT2D eigenvalue weighted by atomic mass is 9.82. The predicted octanol–water partition coefficient (Wildman–Crippen LogP) is 2.65. The molecule has 8 heteroatoms. The van der Waals surface area contributed by atoms with E-state index in [9.17, 15) is 18.4 Å². The minimum atomic E-state index is -3.05. The van der Waals surface area contributed by atoms with Crippen molar-refractivity contribution in [2.24, 2.45) is 11.8 Å². The molecule has 0 aromatic heterocycles. The summed E-state index contributed by atoms with van der Waals surface area (Å²) < 4.78 is 40.0. The molecule has 2 fully saturated rings. The number of hydrogen-bond donors (Lipinski definition) is 1. The van der Waals surface area contributed by atoms with Crippen LogP contribution in [0.5, 0.6) is 0 Å². The van der Waals surface area contributed by atoms with E-state index >= 15 is 0 Å². The fourth-order valence-electron chi connectivity index (χ4n) is 4.26. The van der Waals surface area contributed by atoms with Gasteiger partial charge < -0.3 is 14.8 Å². The van der Waals surface area contributed by atoms with Gasteiger partial charge in [-0.05, 0) is 59.4 Å². The van der Waals surface area contributed by atoms with Crippen LogP contribution in [-0.2, 0) is 19.1 Å². The van der Waals surface area contributed by atoms with Gasteiger partial charge in [-0.3, -0.25) is 14.5 Å². The molecule has 0 aromatic carbocycles. The molecule has 1 N–H and O–H groups in total. The number of rotatable bonds is 10. The maximum Gasteiger partial charge on any atom is 0.272 e. The van der Waals surface area contributed by atoms with E-state index in [1.165, 1.54) is 0 Å². The molecule has 2 aliphatic rings. The quantitative estimate of drug-likeness (QED) is 0.553. The van der Waals surface area contributed by atoms with E-state index in [1.807, 2.05) is 18.7 Å². The largest absolute Gasteiger partial charge is 0.377 e. The van der Waals surface area contributed by atoms with Gasteiger partial charge in [-0.2, -0.15) is 0 Å². The molecule has 2 rings (SSSR count). The molecular formula is C21H36F2N2O4. The molecule has 1 saturated carbocycles. The highest BCUT2D eigenvalue weighted by atomic mass is 19.3. The second-order valence-corrected chi connectivity index (χ2v) is 8.51. The molecule has 0 bridgehead atoms. The molecule has 1 aliphatic carbocycles. The van der Waals surface area contributed by atoms with Gasteiger partial charge in [0.15, 0.2) is 0 Å². The SMILES string of the molecule is CC(=O)C1CCC(N2CCC(C(=O)NCCOCCOC(C)C)C(F)(F)C2)CC1. The van der Waals surface area contributed by atoms with Crippen LogP contribution in [0, 0.1) is 11.8 Å². The van der Waals surface area contributed by atoms with Gasteiger partial charge in [0.25, 0.3) is 5.92 Å². The van der Waals surface area contributed by atoms with Crippen molar-refractivity contribution in [1.29, 1.82) is 0 Å². The van der Waals surface area contributed by atoms with Crippen LogP contribution in [0.4, 0.5) is 8.78 Å². The van der Waals surface area contributed by atoms with Crippen molar-refractivity contribution in [3.05, 3.63) is 0 Å². The summed E-state index contributed by atoms with van der Waals surface area (Å²) in [6.45, 7) is 6.95. The van der Waals surface area contributed by atoms with Crippen molar-refractivity contribution in [3.63, 3.8) is 0 Å². The van der Waals surface area contributed by atoms with Gasteiger partial charge in [0, 0.05) is 18.5 Å². The van der Waals surface area contributed by atoms with Crippen LogP contribution in [0.15, 0.2) is 0 Å². The van der Waals surface area contributed by atoms with E-state index in [0.717, 1.165) is 25.7 Å². The topological polar surface area (TPSA) is 67.9 Å². The summed E-state index contributed by atoms with van der Waals surface area (Å²) in [5.74, 6) is -4.67. The minimum absolute atomic E-state index is 0.0780. The van der Waals surface area contributed by atoms with E-state index in [-0.39, 0.29) is 50.0 Å². The number of alkyl halides is 2. The van der Waals surface area contributed by atoms with Gasteiger partial charge in [-0.15, -0.1) is 0 Å². The predicted molar refractivity (Wildman–Crippen MR) is 106 cm³/mol. The lowest BCUT2D eigenvalue weighted by Gasteiger charge is -2.43. The molecule has 1 amide bonds. The number of carbonyl (C=O) groups is 2. The lowest BCUT2D eigenvalue weighted by molar-refractivity contribution is -0.155. The van der Waals surface area contributed by atoms with Crippen molar-refractivity contribution in [3.8, 4) is 0 Å². The number of Topliss-reactive ketones (excluding diaryl/α,β-unsaturated/α-hetero) is 1. The first-order valence-electron chi connectivity index (χ1n) is 10.8. The molecule has 29 heavy (non-hydrogen) atoms.